The van der Waals surface area contributed by atoms with Gasteiger partial charge in [-0.1, -0.05) is 6.07 Å². The molecule has 1 aliphatic rings. The number of hydrogen-bond acceptors (Lipinski definition) is 4. The highest BCUT2D eigenvalue weighted by Crippen LogP contribution is 2.33. The summed E-state index contributed by atoms with van der Waals surface area (Å²) in [7, 11) is 5.25. The minimum absolute atomic E-state index is 0.153. The van der Waals surface area contributed by atoms with E-state index in [2.05, 4.69) is 11.4 Å². The molecule has 2 rings (SSSR count). The fourth-order valence-electron chi connectivity index (χ4n) is 2.40. The zero-order valence-electron chi connectivity index (χ0n) is 11.7. The molecule has 4 nitrogen and oxygen atoms in total. The molecule has 0 aliphatic carbocycles. The van der Waals surface area contributed by atoms with E-state index in [1.807, 2.05) is 25.4 Å². The highest BCUT2D eigenvalue weighted by molar-refractivity contribution is 5.45. The Morgan fingerprint density at radius 1 is 1.21 bits per heavy atom. The van der Waals surface area contributed by atoms with Crippen molar-refractivity contribution in [1.29, 1.82) is 0 Å². The first kappa shape index (κ1) is 13.7. The Hall–Kier alpha value is -1.68. The molecule has 104 valence electrons. The van der Waals surface area contributed by atoms with Gasteiger partial charge >= 0.3 is 0 Å². The molecule has 0 fully saturated rings. The summed E-state index contributed by atoms with van der Waals surface area (Å²) >= 11 is 0. The number of benzene rings is 1. The van der Waals surface area contributed by atoms with Crippen LogP contribution in [0.5, 0.6) is 11.5 Å². The number of nitrogens with one attached hydrogen (secondary N) is 1. The topological polar surface area (TPSA) is 39.7 Å². The van der Waals surface area contributed by atoms with Crippen molar-refractivity contribution in [2.45, 2.75) is 18.9 Å². The van der Waals surface area contributed by atoms with Crippen molar-refractivity contribution >= 4 is 0 Å². The lowest BCUT2D eigenvalue weighted by Gasteiger charge is -2.24. The molecule has 0 saturated carbocycles. The van der Waals surface area contributed by atoms with E-state index < -0.39 is 0 Å². The lowest BCUT2D eigenvalue weighted by molar-refractivity contribution is 0.220. The molecule has 1 aromatic carbocycles. The first-order valence-electron chi connectivity index (χ1n) is 6.50. The van der Waals surface area contributed by atoms with Gasteiger partial charge in [0.1, 0.15) is 0 Å². The van der Waals surface area contributed by atoms with E-state index in [4.69, 9.17) is 14.2 Å². The standard InChI is InChI=1S/C15H21NO3/c1-16-15(12-5-4-8-19-10-12)11-6-7-13(17-2)14(9-11)18-3/h6-7,9-10,15-16H,4-5,8H2,1-3H3. The van der Waals surface area contributed by atoms with Gasteiger partial charge in [0.2, 0.25) is 0 Å². The fourth-order valence-corrected chi connectivity index (χ4v) is 2.40. The predicted octanol–water partition coefficient (Wildman–Crippen LogP) is 2.66. The number of hydrogen-bond donors (Lipinski definition) is 1. The summed E-state index contributed by atoms with van der Waals surface area (Å²) in [6.45, 7) is 0.811. The lowest BCUT2D eigenvalue weighted by Crippen LogP contribution is -2.20. The van der Waals surface area contributed by atoms with E-state index in [0.29, 0.717) is 0 Å². The van der Waals surface area contributed by atoms with E-state index >= 15 is 0 Å². The largest absolute Gasteiger partial charge is 0.501 e. The molecule has 0 spiro atoms. The van der Waals surface area contributed by atoms with Gasteiger partial charge in [-0.25, -0.2) is 0 Å². The molecule has 0 radical (unpaired) electrons. The fraction of sp³-hybridized carbons (Fsp3) is 0.467. The van der Waals surface area contributed by atoms with E-state index in [1.165, 1.54) is 5.57 Å². The first-order chi connectivity index (χ1) is 9.30. The summed E-state index contributed by atoms with van der Waals surface area (Å²) < 4.78 is 16.1. The van der Waals surface area contributed by atoms with E-state index in [1.54, 1.807) is 14.2 Å². The molecular weight excluding hydrogens is 242 g/mol. The van der Waals surface area contributed by atoms with Crippen LogP contribution in [-0.2, 0) is 4.74 Å². The van der Waals surface area contributed by atoms with Crippen molar-refractivity contribution in [3.63, 3.8) is 0 Å². The first-order valence-corrected chi connectivity index (χ1v) is 6.50. The second kappa shape index (κ2) is 6.48. The van der Waals surface area contributed by atoms with E-state index in [0.717, 1.165) is 36.5 Å². The zero-order chi connectivity index (χ0) is 13.7. The van der Waals surface area contributed by atoms with Crippen LogP contribution in [-0.4, -0.2) is 27.9 Å². The normalized spacial score (nSPS) is 16.3. The van der Waals surface area contributed by atoms with E-state index in [-0.39, 0.29) is 6.04 Å². The van der Waals surface area contributed by atoms with Crippen molar-refractivity contribution in [3.8, 4) is 11.5 Å². The van der Waals surface area contributed by atoms with Gasteiger partial charge in [0.25, 0.3) is 0 Å². The quantitative estimate of drug-likeness (QED) is 0.886. The second-order valence-electron chi connectivity index (χ2n) is 4.50. The lowest BCUT2D eigenvalue weighted by atomic mass is 9.95. The summed E-state index contributed by atoms with van der Waals surface area (Å²) in [6, 6.07) is 6.15. The van der Waals surface area contributed by atoms with Crippen LogP contribution in [0.2, 0.25) is 0 Å². The molecule has 1 N–H and O–H groups in total. The maximum Gasteiger partial charge on any atom is 0.161 e. The van der Waals surface area contributed by atoms with Crippen LogP contribution < -0.4 is 14.8 Å². The SMILES string of the molecule is CNC(C1=COCCC1)c1ccc(OC)c(OC)c1. The van der Waals surface area contributed by atoms with Crippen molar-refractivity contribution in [2.24, 2.45) is 0 Å². The van der Waals surface area contributed by atoms with Crippen LogP contribution in [0.3, 0.4) is 0 Å². The van der Waals surface area contributed by atoms with Crippen LogP contribution in [0.15, 0.2) is 30.0 Å². The van der Waals surface area contributed by atoms with Crippen molar-refractivity contribution in [2.75, 3.05) is 27.9 Å². The highest BCUT2D eigenvalue weighted by Gasteiger charge is 2.19. The third kappa shape index (κ3) is 3.01. The third-order valence-electron chi connectivity index (χ3n) is 3.36. The number of rotatable bonds is 5. The average molecular weight is 263 g/mol. The Morgan fingerprint density at radius 2 is 2.00 bits per heavy atom. The Bertz CT molecular complexity index is 457. The molecule has 4 heteroatoms. The average Bonchev–Trinajstić information content (AvgIpc) is 2.49. The second-order valence-corrected chi connectivity index (χ2v) is 4.50. The smallest absolute Gasteiger partial charge is 0.161 e. The van der Waals surface area contributed by atoms with Gasteiger partial charge in [0, 0.05) is 0 Å². The van der Waals surface area contributed by atoms with Gasteiger partial charge < -0.3 is 19.5 Å². The van der Waals surface area contributed by atoms with Crippen molar-refractivity contribution in [3.05, 3.63) is 35.6 Å². The zero-order valence-corrected chi connectivity index (χ0v) is 11.7. The molecular formula is C15H21NO3. The molecule has 1 unspecified atom stereocenters. The molecule has 1 aromatic rings. The third-order valence-corrected chi connectivity index (χ3v) is 3.36. The van der Waals surface area contributed by atoms with Gasteiger partial charge in [-0.3, -0.25) is 0 Å². The highest BCUT2D eigenvalue weighted by atomic mass is 16.5. The summed E-state index contributed by atoms with van der Waals surface area (Å²) in [5.41, 5.74) is 2.41. The monoisotopic (exact) mass is 263 g/mol. The Kier molecular flexibility index (Phi) is 4.68. The van der Waals surface area contributed by atoms with Crippen molar-refractivity contribution < 1.29 is 14.2 Å². The van der Waals surface area contributed by atoms with Gasteiger partial charge in [-0.2, -0.15) is 0 Å². The molecule has 0 amide bonds. The summed E-state index contributed by atoms with van der Waals surface area (Å²) in [5.74, 6) is 1.49. The molecule has 19 heavy (non-hydrogen) atoms. The molecule has 0 aromatic heterocycles. The van der Waals surface area contributed by atoms with Gasteiger partial charge in [0.05, 0.1) is 33.1 Å². The minimum Gasteiger partial charge on any atom is -0.501 e. The van der Waals surface area contributed by atoms with Gasteiger partial charge in [-0.15, -0.1) is 0 Å². The van der Waals surface area contributed by atoms with Crippen LogP contribution in [0, 0.1) is 0 Å². The number of likely N-dealkylation sites (N-methyl/N-ethyl adjacent to an activating group) is 1. The molecule has 0 bridgehead atoms. The number of methoxy groups -OCH3 is 2. The van der Waals surface area contributed by atoms with Gasteiger partial charge in [0.15, 0.2) is 11.5 Å². The minimum atomic E-state index is 0.153. The Labute approximate surface area is 114 Å². The number of ether oxygens (including phenoxy) is 3. The van der Waals surface area contributed by atoms with E-state index in [9.17, 15) is 0 Å². The maximum atomic E-state index is 5.43. The summed E-state index contributed by atoms with van der Waals surface area (Å²) in [4.78, 5) is 0. The van der Waals surface area contributed by atoms with Crippen LogP contribution in [0.4, 0.5) is 0 Å². The van der Waals surface area contributed by atoms with Gasteiger partial charge in [-0.05, 0) is 43.2 Å². The Balaban J connectivity index is 2.30. The molecule has 1 atom stereocenters. The Morgan fingerprint density at radius 3 is 2.58 bits per heavy atom. The maximum absolute atomic E-state index is 5.43. The molecule has 0 saturated heterocycles. The van der Waals surface area contributed by atoms with Crippen LogP contribution >= 0.6 is 0 Å². The predicted molar refractivity (Wildman–Crippen MR) is 74.6 cm³/mol. The van der Waals surface area contributed by atoms with Crippen LogP contribution in [0.25, 0.3) is 0 Å². The summed E-state index contributed by atoms with van der Waals surface area (Å²) in [5, 5.41) is 3.33. The molecule has 1 aliphatic heterocycles. The van der Waals surface area contributed by atoms with Crippen LogP contribution in [0.1, 0.15) is 24.4 Å². The van der Waals surface area contributed by atoms with Crippen molar-refractivity contribution in [1.82, 2.24) is 5.32 Å². The molecule has 1 heterocycles. The summed E-state index contributed by atoms with van der Waals surface area (Å²) in [6.07, 6.45) is 4.00.